The third kappa shape index (κ3) is 5.22. The normalized spacial score (nSPS) is 24.3. The van der Waals surface area contributed by atoms with Gasteiger partial charge in [0.1, 0.15) is 0 Å². The summed E-state index contributed by atoms with van der Waals surface area (Å²) in [6, 6.07) is 6.59. The lowest BCUT2D eigenvalue weighted by atomic mass is 9.94. The van der Waals surface area contributed by atoms with Gasteiger partial charge < -0.3 is 9.80 Å². The van der Waals surface area contributed by atoms with Gasteiger partial charge in [0.25, 0.3) is 0 Å². The topological polar surface area (TPSA) is 40.6 Å². The Hall–Kier alpha value is -3.26. The maximum absolute atomic E-state index is 13.7. The van der Waals surface area contributed by atoms with E-state index in [1.165, 1.54) is 35.6 Å². The summed E-state index contributed by atoms with van der Waals surface area (Å²) in [5.41, 5.74) is 1.02. The minimum atomic E-state index is -1.04. The van der Waals surface area contributed by atoms with Crippen molar-refractivity contribution in [3.05, 3.63) is 81.9 Å². The third-order valence-corrected chi connectivity index (χ3v) is 6.92. The SMILES string of the molecule is O=C1/C(=C/c2ccc(F)c(F)c2)CN(C(=O)CCN2CC3CC3C2)C/C1=C\c1ccc(F)c(F)c1. The molecule has 1 saturated carbocycles. The van der Waals surface area contributed by atoms with Crippen LogP contribution in [0, 0.1) is 35.1 Å². The number of fused-ring (bicyclic) bond motifs is 1. The van der Waals surface area contributed by atoms with Crippen molar-refractivity contribution in [1.82, 2.24) is 9.80 Å². The number of hydrogen-bond donors (Lipinski definition) is 0. The van der Waals surface area contributed by atoms with Crippen LogP contribution in [0.2, 0.25) is 0 Å². The highest BCUT2D eigenvalue weighted by atomic mass is 19.2. The van der Waals surface area contributed by atoms with Gasteiger partial charge in [-0.25, -0.2) is 17.6 Å². The standard InChI is InChI=1S/C27H24F4N2O2/c28-22-3-1-16(9-24(22)30)7-20-14-33(26(34)5-6-32-12-18-11-19(18)13-32)15-21(27(20)35)8-17-2-4-23(29)25(31)10-17/h1-4,7-10,18-19H,5-6,11-15H2/b20-7+,21-8+. The van der Waals surface area contributed by atoms with E-state index in [0.717, 1.165) is 49.2 Å². The van der Waals surface area contributed by atoms with E-state index in [0.29, 0.717) is 13.0 Å². The molecule has 0 spiro atoms. The Balaban J connectivity index is 1.40. The molecule has 4 nitrogen and oxygen atoms in total. The fraction of sp³-hybridized carbons (Fsp3) is 0.333. The lowest BCUT2D eigenvalue weighted by Crippen LogP contribution is -2.42. The van der Waals surface area contributed by atoms with Crippen LogP contribution in [0.3, 0.4) is 0 Å². The number of piperidine rings is 2. The fourth-order valence-electron chi connectivity index (χ4n) is 4.91. The van der Waals surface area contributed by atoms with E-state index >= 15 is 0 Å². The number of carbonyl (C=O) groups is 2. The Kier molecular flexibility index (Phi) is 6.32. The zero-order valence-corrected chi connectivity index (χ0v) is 18.9. The minimum Gasteiger partial charge on any atom is -0.334 e. The lowest BCUT2D eigenvalue weighted by Gasteiger charge is -2.30. The van der Waals surface area contributed by atoms with Gasteiger partial charge in [-0.15, -0.1) is 0 Å². The van der Waals surface area contributed by atoms with Crippen LogP contribution in [0.1, 0.15) is 24.0 Å². The highest BCUT2D eigenvalue weighted by molar-refractivity contribution is 6.15. The molecule has 2 saturated heterocycles. The summed E-state index contributed by atoms with van der Waals surface area (Å²) in [6.45, 7) is 2.72. The highest BCUT2D eigenvalue weighted by Crippen LogP contribution is 2.44. The van der Waals surface area contributed by atoms with Gasteiger partial charge in [0.05, 0.1) is 0 Å². The van der Waals surface area contributed by atoms with Crippen LogP contribution in [0.25, 0.3) is 12.2 Å². The van der Waals surface area contributed by atoms with Crippen molar-refractivity contribution < 1.29 is 27.2 Å². The third-order valence-electron chi connectivity index (χ3n) is 6.92. The first kappa shape index (κ1) is 23.5. The van der Waals surface area contributed by atoms with Crippen LogP contribution >= 0.6 is 0 Å². The first-order chi connectivity index (χ1) is 16.8. The van der Waals surface area contributed by atoms with Crippen molar-refractivity contribution in [2.75, 3.05) is 32.7 Å². The Morgan fingerprint density at radius 1 is 0.829 bits per heavy atom. The van der Waals surface area contributed by atoms with Gasteiger partial charge in [0.2, 0.25) is 5.91 Å². The molecule has 2 aromatic carbocycles. The van der Waals surface area contributed by atoms with Crippen LogP contribution in [0.5, 0.6) is 0 Å². The van der Waals surface area contributed by atoms with Gasteiger partial charge in [0.15, 0.2) is 29.1 Å². The van der Waals surface area contributed by atoms with Gasteiger partial charge in [0, 0.05) is 50.3 Å². The largest absolute Gasteiger partial charge is 0.334 e. The number of likely N-dealkylation sites (tertiary alicyclic amines) is 2. The van der Waals surface area contributed by atoms with Gasteiger partial charge >= 0.3 is 0 Å². The summed E-state index contributed by atoms with van der Waals surface area (Å²) >= 11 is 0. The van der Waals surface area contributed by atoms with E-state index in [9.17, 15) is 27.2 Å². The molecule has 182 valence electrons. The lowest BCUT2D eigenvalue weighted by molar-refractivity contribution is -0.131. The number of amides is 1. The molecule has 0 radical (unpaired) electrons. The average Bonchev–Trinajstić information content (AvgIpc) is 3.44. The van der Waals surface area contributed by atoms with Crippen molar-refractivity contribution in [1.29, 1.82) is 0 Å². The number of halogens is 4. The second-order valence-corrected chi connectivity index (χ2v) is 9.53. The van der Waals surface area contributed by atoms with Crippen molar-refractivity contribution in [2.45, 2.75) is 12.8 Å². The molecule has 5 rings (SSSR count). The Morgan fingerprint density at radius 3 is 1.83 bits per heavy atom. The predicted octanol–water partition coefficient (Wildman–Crippen LogP) is 4.46. The monoisotopic (exact) mass is 484 g/mol. The summed E-state index contributed by atoms with van der Waals surface area (Å²) in [5.74, 6) is -3.10. The zero-order chi connectivity index (χ0) is 24.7. The molecule has 0 bridgehead atoms. The van der Waals surface area contributed by atoms with E-state index in [1.54, 1.807) is 0 Å². The molecule has 2 unspecified atom stereocenters. The summed E-state index contributed by atoms with van der Waals surface area (Å²) in [4.78, 5) is 30.1. The van der Waals surface area contributed by atoms with E-state index in [-0.39, 0.29) is 47.1 Å². The summed E-state index contributed by atoms with van der Waals surface area (Å²) in [6.07, 6.45) is 4.42. The molecular formula is C27H24F4N2O2. The van der Waals surface area contributed by atoms with Crippen LogP contribution < -0.4 is 0 Å². The number of benzene rings is 2. The fourth-order valence-corrected chi connectivity index (χ4v) is 4.91. The number of nitrogens with zero attached hydrogens (tertiary/aromatic N) is 2. The molecule has 2 atom stereocenters. The number of rotatable bonds is 5. The second kappa shape index (κ2) is 9.41. The van der Waals surface area contributed by atoms with E-state index < -0.39 is 23.3 Å². The van der Waals surface area contributed by atoms with Crippen LogP contribution in [-0.4, -0.2) is 54.2 Å². The van der Waals surface area contributed by atoms with Crippen molar-refractivity contribution in [2.24, 2.45) is 11.8 Å². The summed E-state index contributed by atoms with van der Waals surface area (Å²) in [7, 11) is 0. The maximum atomic E-state index is 13.7. The van der Waals surface area contributed by atoms with Gasteiger partial charge in [-0.3, -0.25) is 9.59 Å². The summed E-state index contributed by atoms with van der Waals surface area (Å²) < 4.78 is 54.1. The quantitative estimate of drug-likeness (QED) is 0.465. The molecule has 0 aromatic heterocycles. The number of carbonyl (C=O) groups excluding carboxylic acids is 2. The first-order valence-electron chi connectivity index (χ1n) is 11.6. The van der Waals surface area contributed by atoms with Gasteiger partial charge in [-0.05, 0) is 65.8 Å². The first-order valence-corrected chi connectivity index (χ1v) is 11.6. The Bertz CT molecular complexity index is 1170. The van der Waals surface area contributed by atoms with Crippen molar-refractivity contribution >= 4 is 23.8 Å². The smallest absolute Gasteiger partial charge is 0.224 e. The Labute approximate surface area is 200 Å². The van der Waals surface area contributed by atoms with E-state index in [4.69, 9.17) is 0 Å². The van der Waals surface area contributed by atoms with Crippen molar-refractivity contribution in [3.8, 4) is 0 Å². The van der Waals surface area contributed by atoms with E-state index in [1.807, 2.05) is 0 Å². The summed E-state index contributed by atoms with van der Waals surface area (Å²) in [5, 5.41) is 0. The molecular weight excluding hydrogens is 460 g/mol. The number of ketones is 1. The maximum Gasteiger partial charge on any atom is 0.224 e. The van der Waals surface area contributed by atoms with Crippen LogP contribution in [-0.2, 0) is 9.59 Å². The molecule has 2 aliphatic heterocycles. The van der Waals surface area contributed by atoms with Crippen molar-refractivity contribution in [3.63, 3.8) is 0 Å². The molecule has 0 N–H and O–H groups in total. The number of Topliss-reactive ketones (excluding diaryl/α,β-unsaturated/α-hetero) is 1. The molecule has 8 heteroatoms. The highest BCUT2D eigenvalue weighted by Gasteiger charge is 2.44. The molecule has 2 aromatic rings. The van der Waals surface area contributed by atoms with Crippen LogP contribution in [0.15, 0.2) is 47.5 Å². The minimum absolute atomic E-state index is 0.0248. The predicted molar refractivity (Wildman–Crippen MR) is 123 cm³/mol. The second-order valence-electron chi connectivity index (χ2n) is 9.53. The number of hydrogen-bond acceptors (Lipinski definition) is 3. The molecule has 3 aliphatic rings. The van der Waals surface area contributed by atoms with Crippen LogP contribution in [0.4, 0.5) is 17.6 Å². The molecule has 35 heavy (non-hydrogen) atoms. The molecule has 3 fully saturated rings. The zero-order valence-electron chi connectivity index (χ0n) is 18.9. The Morgan fingerprint density at radius 2 is 1.34 bits per heavy atom. The van der Waals surface area contributed by atoms with E-state index in [2.05, 4.69) is 4.90 Å². The molecule has 1 amide bonds. The molecule has 2 heterocycles. The average molecular weight is 484 g/mol. The van der Waals surface area contributed by atoms with Gasteiger partial charge in [-0.1, -0.05) is 12.1 Å². The molecule has 1 aliphatic carbocycles. The van der Waals surface area contributed by atoms with Gasteiger partial charge in [-0.2, -0.15) is 0 Å².